The Bertz CT molecular complexity index is 194. The van der Waals surface area contributed by atoms with Gasteiger partial charge in [-0.15, -0.1) is 5.48 Å². The van der Waals surface area contributed by atoms with Gasteiger partial charge in [0.1, 0.15) is 0 Å². The van der Waals surface area contributed by atoms with Gasteiger partial charge in [0.15, 0.2) is 11.6 Å². The van der Waals surface area contributed by atoms with Crippen LogP contribution in [0.2, 0.25) is 0 Å². The van der Waals surface area contributed by atoms with Gasteiger partial charge in [-0.3, -0.25) is 9.59 Å². The van der Waals surface area contributed by atoms with Crippen LogP contribution in [0.5, 0.6) is 0 Å². The zero-order valence-electron chi connectivity index (χ0n) is 5.89. The topological polar surface area (TPSA) is 95.9 Å². The summed E-state index contributed by atoms with van der Waals surface area (Å²) in [5.41, 5.74) is 2.76. The summed E-state index contributed by atoms with van der Waals surface area (Å²) in [6.07, 6.45) is -0.571. The van der Waals surface area contributed by atoms with Crippen LogP contribution in [0.4, 0.5) is 0 Å². The summed E-state index contributed by atoms with van der Waals surface area (Å²) in [6.45, 7) is 0. The number of thiocarbonyl (C=S) groups is 1. The van der Waals surface area contributed by atoms with Gasteiger partial charge >= 0.3 is 11.9 Å². The number of hydrogen-bond acceptors (Lipinski definition) is 5. The van der Waals surface area contributed by atoms with E-state index in [0.29, 0.717) is 0 Å². The molecule has 1 atom stereocenters. The lowest BCUT2D eigenvalue weighted by Crippen LogP contribution is -2.38. The van der Waals surface area contributed by atoms with Crippen LogP contribution in [0.3, 0.4) is 0 Å². The normalized spacial score (nSPS) is 11.7. The molecule has 0 unspecified atom stereocenters. The summed E-state index contributed by atoms with van der Waals surface area (Å²) < 4.78 is 0. The number of carbonyl (C=O) groups is 2. The monoisotopic (exact) mass is 193 g/mol. The summed E-state index contributed by atoms with van der Waals surface area (Å²) in [6, 6.07) is -1.29. The van der Waals surface area contributed by atoms with E-state index in [-0.39, 0.29) is 0 Å². The summed E-state index contributed by atoms with van der Waals surface area (Å²) in [7, 11) is 0. The highest BCUT2D eigenvalue weighted by molar-refractivity contribution is 7.78. The lowest BCUT2D eigenvalue weighted by Gasteiger charge is -2.09. The molecule has 0 amide bonds. The van der Waals surface area contributed by atoms with E-state index in [1.807, 2.05) is 5.48 Å². The molecule has 0 fully saturated rings. The number of carboxylic acid groups (broad SMARTS) is 2. The van der Waals surface area contributed by atoms with Crippen molar-refractivity contribution in [2.45, 2.75) is 12.5 Å². The molecular formula is C5H7NO5S. The number of rotatable bonds is 6. The van der Waals surface area contributed by atoms with Crippen molar-refractivity contribution >= 4 is 29.7 Å². The molecule has 0 aliphatic rings. The van der Waals surface area contributed by atoms with E-state index in [4.69, 9.17) is 10.2 Å². The summed E-state index contributed by atoms with van der Waals surface area (Å²) in [5.74, 6) is -2.54. The van der Waals surface area contributed by atoms with Crippen molar-refractivity contribution in [1.82, 2.24) is 5.48 Å². The molecule has 0 aromatic carbocycles. The lowest BCUT2D eigenvalue weighted by molar-refractivity contribution is -0.148. The number of hydroxylamine groups is 1. The fourth-order valence-electron chi connectivity index (χ4n) is 0.464. The van der Waals surface area contributed by atoms with Crippen molar-refractivity contribution in [3.8, 4) is 0 Å². The maximum atomic E-state index is 10.3. The Morgan fingerprint density at radius 2 is 2.17 bits per heavy atom. The smallest absolute Gasteiger partial charge is 0.324 e. The maximum Gasteiger partial charge on any atom is 0.324 e. The van der Waals surface area contributed by atoms with Gasteiger partial charge in [0.25, 0.3) is 0 Å². The predicted molar refractivity (Wildman–Crippen MR) is 41.6 cm³/mol. The van der Waals surface area contributed by atoms with Gasteiger partial charge in [0, 0.05) is 0 Å². The van der Waals surface area contributed by atoms with Gasteiger partial charge < -0.3 is 15.1 Å². The zero-order valence-corrected chi connectivity index (χ0v) is 6.71. The molecule has 0 aliphatic carbocycles. The second-order valence-electron chi connectivity index (χ2n) is 1.82. The fraction of sp³-hybridized carbons (Fsp3) is 0.400. The van der Waals surface area contributed by atoms with Crippen molar-refractivity contribution in [1.29, 1.82) is 0 Å². The first-order chi connectivity index (χ1) is 5.57. The molecule has 12 heavy (non-hydrogen) atoms. The third-order valence-corrected chi connectivity index (χ3v) is 1.03. The predicted octanol–water partition coefficient (Wildman–Crippen LogP) is -0.607. The van der Waals surface area contributed by atoms with Crippen LogP contribution in [0.1, 0.15) is 6.42 Å². The van der Waals surface area contributed by atoms with Gasteiger partial charge in [0.05, 0.1) is 6.42 Å². The number of carboxylic acids is 2. The number of hydrogen-bond donors (Lipinski definition) is 3. The lowest BCUT2D eigenvalue weighted by atomic mass is 10.2. The minimum absolute atomic E-state index is 0.571. The molecule has 0 bridgehead atoms. The van der Waals surface area contributed by atoms with Crippen LogP contribution in [-0.2, 0) is 14.4 Å². The molecule has 7 heteroatoms. The molecular weight excluding hydrogens is 186 g/mol. The van der Waals surface area contributed by atoms with E-state index < -0.39 is 24.4 Å². The number of nitrogens with one attached hydrogen (secondary N) is 1. The van der Waals surface area contributed by atoms with Gasteiger partial charge in [-0.05, 0) is 12.2 Å². The highest BCUT2D eigenvalue weighted by Crippen LogP contribution is 1.91. The molecule has 68 valence electrons. The fourth-order valence-corrected chi connectivity index (χ4v) is 0.519. The van der Waals surface area contributed by atoms with Gasteiger partial charge in [0.2, 0.25) is 0 Å². The van der Waals surface area contributed by atoms with E-state index in [1.54, 1.807) is 0 Å². The Morgan fingerprint density at radius 3 is 2.50 bits per heavy atom. The molecule has 0 rings (SSSR count). The Kier molecular flexibility index (Phi) is 4.89. The Balaban J connectivity index is 3.94. The van der Waals surface area contributed by atoms with E-state index in [1.165, 1.54) is 0 Å². The third-order valence-electron chi connectivity index (χ3n) is 0.935. The van der Waals surface area contributed by atoms with Gasteiger partial charge in [-0.25, -0.2) is 0 Å². The molecule has 0 spiro atoms. The molecule has 0 heterocycles. The van der Waals surface area contributed by atoms with Crippen LogP contribution >= 0.6 is 12.2 Å². The average molecular weight is 193 g/mol. The maximum absolute atomic E-state index is 10.3. The van der Waals surface area contributed by atoms with Gasteiger partial charge in [-0.1, -0.05) is 0 Å². The minimum Gasteiger partial charge on any atom is -0.481 e. The summed E-state index contributed by atoms with van der Waals surface area (Å²) in [5, 5.41) is 16.6. The van der Waals surface area contributed by atoms with E-state index in [2.05, 4.69) is 17.1 Å². The van der Waals surface area contributed by atoms with Crippen LogP contribution in [0, 0.1) is 0 Å². The second kappa shape index (κ2) is 5.44. The first-order valence-corrected chi connectivity index (χ1v) is 3.34. The molecule has 6 nitrogen and oxygen atoms in total. The molecule has 0 radical (unpaired) electrons. The first-order valence-electron chi connectivity index (χ1n) is 2.87. The van der Waals surface area contributed by atoms with Crippen molar-refractivity contribution in [2.75, 3.05) is 0 Å². The SMILES string of the molecule is O=C(O)C[C@H](NOC=S)C(=O)O. The van der Waals surface area contributed by atoms with Crippen molar-refractivity contribution in [3.63, 3.8) is 0 Å². The zero-order chi connectivity index (χ0) is 9.56. The average Bonchev–Trinajstić information content (AvgIpc) is 1.96. The van der Waals surface area contributed by atoms with Crippen molar-refractivity contribution < 1.29 is 24.6 Å². The standard InChI is InChI=1S/C5H7NO5S/c7-4(8)1-3(5(9)10)6-11-2-12/h2-3,6H,1H2,(H,7,8)(H,9,10)/t3-/m0/s1. The quantitative estimate of drug-likeness (QED) is 0.382. The van der Waals surface area contributed by atoms with E-state index in [0.717, 1.165) is 5.55 Å². The first kappa shape index (κ1) is 10.8. The van der Waals surface area contributed by atoms with E-state index >= 15 is 0 Å². The van der Waals surface area contributed by atoms with Crippen LogP contribution in [0.15, 0.2) is 0 Å². The molecule has 0 aromatic rings. The minimum atomic E-state index is -1.31. The van der Waals surface area contributed by atoms with Crippen LogP contribution in [0.25, 0.3) is 0 Å². The highest BCUT2D eigenvalue weighted by Gasteiger charge is 2.20. The largest absolute Gasteiger partial charge is 0.481 e. The summed E-state index contributed by atoms with van der Waals surface area (Å²) >= 11 is 4.22. The van der Waals surface area contributed by atoms with Crippen LogP contribution < -0.4 is 5.48 Å². The molecule has 0 aliphatic heterocycles. The van der Waals surface area contributed by atoms with Crippen molar-refractivity contribution in [2.24, 2.45) is 0 Å². The van der Waals surface area contributed by atoms with Crippen LogP contribution in [-0.4, -0.2) is 33.7 Å². The molecule has 0 aromatic heterocycles. The Morgan fingerprint density at radius 1 is 1.58 bits per heavy atom. The summed E-state index contributed by atoms with van der Waals surface area (Å²) in [4.78, 5) is 24.6. The molecule has 0 saturated heterocycles. The Labute approximate surface area is 73.1 Å². The highest BCUT2D eigenvalue weighted by atomic mass is 32.1. The molecule has 3 N–H and O–H groups in total. The van der Waals surface area contributed by atoms with Crippen molar-refractivity contribution in [3.05, 3.63) is 0 Å². The number of aliphatic carboxylic acids is 2. The Hall–Kier alpha value is -1.21. The second-order valence-corrected chi connectivity index (χ2v) is 2.01. The third kappa shape index (κ3) is 4.58. The van der Waals surface area contributed by atoms with E-state index in [9.17, 15) is 9.59 Å². The molecule has 0 saturated carbocycles. The van der Waals surface area contributed by atoms with Gasteiger partial charge in [-0.2, -0.15) is 0 Å².